The number of hydrogen-bond donors (Lipinski definition) is 3. The Kier molecular flexibility index (Phi) is 2.72. The van der Waals surface area contributed by atoms with Gasteiger partial charge in [-0.2, -0.15) is 5.10 Å². The number of nitrogens with zero attached hydrogens (tertiary/aromatic N) is 2. The lowest BCUT2D eigenvalue weighted by Gasteiger charge is -2.10. The largest absolute Gasteiger partial charge is 0.478 e. The van der Waals surface area contributed by atoms with Crippen LogP contribution in [0.1, 0.15) is 21.6 Å². The van der Waals surface area contributed by atoms with Crippen molar-refractivity contribution in [2.45, 2.75) is 13.0 Å². The first-order chi connectivity index (χ1) is 9.16. The number of carboxylic acids is 1. The average Bonchev–Trinajstić information content (AvgIpc) is 2.77. The van der Waals surface area contributed by atoms with E-state index in [-0.39, 0.29) is 5.56 Å². The van der Waals surface area contributed by atoms with Crippen molar-refractivity contribution in [3.05, 3.63) is 41.1 Å². The fraction of sp³-hybridized carbons (Fsp3) is 0.231. The Morgan fingerprint density at radius 2 is 2.11 bits per heavy atom. The van der Waals surface area contributed by atoms with Crippen molar-refractivity contribution in [1.29, 1.82) is 0 Å². The van der Waals surface area contributed by atoms with Crippen LogP contribution in [0.4, 0.5) is 5.82 Å². The summed E-state index contributed by atoms with van der Waals surface area (Å²) in [7, 11) is 0. The van der Waals surface area contributed by atoms with E-state index in [1.165, 1.54) is 0 Å². The summed E-state index contributed by atoms with van der Waals surface area (Å²) in [6, 6.07) is 6.53. The van der Waals surface area contributed by atoms with E-state index in [0.29, 0.717) is 5.82 Å². The van der Waals surface area contributed by atoms with Gasteiger partial charge in [0, 0.05) is 25.1 Å². The molecule has 1 aromatic carbocycles. The van der Waals surface area contributed by atoms with E-state index in [9.17, 15) is 4.79 Å². The van der Waals surface area contributed by atoms with Crippen LogP contribution < -0.4 is 11.1 Å². The molecule has 0 spiro atoms. The minimum atomic E-state index is -0.941. The van der Waals surface area contributed by atoms with Crippen LogP contribution in [0.25, 0.3) is 5.69 Å². The summed E-state index contributed by atoms with van der Waals surface area (Å²) in [6.07, 6.45) is 0.861. The first kappa shape index (κ1) is 11.7. The molecule has 0 amide bonds. The molecule has 1 aromatic heterocycles. The summed E-state index contributed by atoms with van der Waals surface area (Å²) in [5.74, 6) is -0.325. The number of rotatable bonds is 2. The normalized spacial score (nSPS) is 14.1. The summed E-state index contributed by atoms with van der Waals surface area (Å²) >= 11 is 0. The van der Waals surface area contributed by atoms with Crippen LogP contribution in [-0.4, -0.2) is 27.4 Å². The summed E-state index contributed by atoms with van der Waals surface area (Å²) < 4.78 is 1.67. The Bertz CT molecular complexity index is 631. The molecule has 3 rings (SSSR count). The van der Waals surface area contributed by atoms with Crippen molar-refractivity contribution < 1.29 is 9.90 Å². The summed E-state index contributed by atoms with van der Waals surface area (Å²) in [5, 5.41) is 16.6. The molecule has 2 heterocycles. The lowest BCUT2D eigenvalue weighted by molar-refractivity contribution is 0.0697. The van der Waals surface area contributed by atoms with Gasteiger partial charge in [-0.15, -0.1) is 0 Å². The minimum Gasteiger partial charge on any atom is -0.478 e. The zero-order valence-corrected chi connectivity index (χ0v) is 10.3. The highest BCUT2D eigenvalue weighted by Gasteiger charge is 2.19. The number of aromatic nitrogens is 2. The molecule has 0 atom stereocenters. The van der Waals surface area contributed by atoms with Crippen molar-refractivity contribution in [1.82, 2.24) is 15.1 Å². The third-order valence-electron chi connectivity index (χ3n) is 3.31. The molecule has 0 aliphatic carbocycles. The number of aromatic carboxylic acids is 1. The fourth-order valence-electron chi connectivity index (χ4n) is 2.27. The smallest absolute Gasteiger partial charge is 0.335 e. The molecule has 0 saturated carbocycles. The lowest BCUT2D eigenvalue weighted by Crippen LogP contribution is -2.23. The van der Waals surface area contributed by atoms with Crippen molar-refractivity contribution in [3.63, 3.8) is 0 Å². The van der Waals surface area contributed by atoms with Gasteiger partial charge in [-0.3, -0.25) is 0 Å². The molecular weight excluding hydrogens is 244 g/mol. The maximum Gasteiger partial charge on any atom is 0.335 e. The second kappa shape index (κ2) is 4.40. The third kappa shape index (κ3) is 1.96. The quantitative estimate of drug-likeness (QED) is 0.740. The molecule has 0 radical (unpaired) electrons. The Hall–Kier alpha value is -2.34. The first-order valence-corrected chi connectivity index (χ1v) is 6.07. The van der Waals surface area contributed by atoms with E-state index in [1.54, 1.807) is 28.9 Å². The Morgan fingerprint density at radius 3 is 2.74 bits per heavy atom. The Labute approximate surface area is 109 Å². The first-order valence-electron chi connectivity index (χ1n) is 6.07. The van der Waals surface area contributed by atoms with Crippen molar-refractivity contribution in [3.8, 4) is 5.69 Å². The highest BCUT2D eigenvalue weighted by atomic mass is 16.4. The van der Waals surface area contributed by atoms with Crippen LogP contribution >= 0.6 is 0 Å². The molecule has 0 fully saturated rings. The highest BCUT2D eigenvalue weighted by molar-refractivity contribution is 5.87. The van der Waals surface area contributed by atoms with Gasteiger partial charge in [0.25, 0.3) is 0 Å². The molecule has 1 aliphatic heterocycles. The molecule has 19 heavy (non-hydrogen) atoms. The van der Waals surface area contributed by atoms with Crippen LogP contribution in [0.2, 0.25) is 0 Å². The summed E-state index contributed by atoms with van der Waals surface area (Å²) in [4.78, 5) is 10.8. The molecule has 4 N–H and O–H groups in total. The number of fused-ring (bicyclic) bond motifs is 1. The van der Waals surface area contributed by atoms with E-state index < -0.39 is 5.97 Å². The maximum absolute atomic E-state index is 10.8. The summed E-state index contributed by atoms with van der Waals surface area (Å²) in [5.41, 5.74) is 9.17. The average molecular weight is 258 g/mol. The number of nitrogens with one attached hydrogen (secondary N) is 1. The van der Waals surface area contributed by atoms with Gasteiger partial charge < -0.3 is 16.2 Å². The van der Waals surface area contributed by atoms with Gasteiger partial charge in [0.05, 0.1) is 16.9 Å². The number of nitrogens with two attached hydrogens (primary N) is 1. The van der Waals surface area contributed by atoms with Crippen LogP contribution in [0, 0.1) is 0 Å². The number of carboxylic acid groups (broad SMARTS) is 1. The van der Waals surface area contributed by atoms with Gasteiger partial charge in [-0.25, -0.2) is 9.48 Å². The molecule has 0 bridgehead atoms. The van der Waals surface area contributed by atoms with Gasteiger partial charge in [-0.1, -0.05) is 0 Å². The number of carbonyl (C=O) groups is 1. The topological polar surface area (TPSA) is 93.2 Å². The Morgan fingerprint density at radius 1 is 1.37 bits per heavy atom. The van der Waals surface area contributed by atoms with Gasteiger partial charge in [0.1, 0.15) is 5.82 Å². The van der Waals surface area contributed by atoms with E-state index in [0.717, 1.165) is 36.5 Å². The lowest BCUT2D eigenvalue weighted by atomic mass is 10.1. The number of benzene rings is 1. The molecule has 0 unspecified atom stereocenters. The fourth-order valence-corrected chi connectivity index (χ4v) is 2.27. The predicted molar refractivity (Wildman–Crippen MR) is 70.3 cm³/mol. The van der Waals surface area contributed by atoms with E-state index in [2.05, 4.69) is 10.4 Å². The van der Waals surface area contributed by atoms with Gasteiger partial charge in [0.15, 0.2) is 0 Å². The molecule has 98 valence electrons. The minimum absolute atomic E-state index is 0.251. The van der Waals surface area contributed by atoms with E-state index in [1.807, 2.05) is 0 Å². The van der Waals surface area contributed by atoms with E-state index >= 15 is 0 Å². The zero-order valence-electron chi connectivity index (χ0n) is 10.3. The second-order valence-electron chi connectivity index (χ2n) is 4.50. The standard InChI is InChI=1S/C13H14N4O2/c14-12-10-7-15-6-5-11(10)16-17(12)9-3-1-8(2-4-9)13(18)19/h1-4,15H,5-7,14H2,(H,18,19). The maximum atomic E-state index is 10.8. The van der Waals surface area contributed by atoms with Crippen molar-refractivity contribution in [2.75, 3.05) is 12.3 Å². The zero-order chi connectivity index (χ0) is 13.4. The van der Waals surface area contributed by atoms with Crippen LogP contribution in [0.3, 0.4) is 0 Å². The molecule has 2 aromatic rings. The van der Waals surface area contributed by atoms with Gasteiger partial charge in [0.2, 0.25) is 0 Å². The number of anilines is 1. The van der Waals surface area contributed by atoms with Crippen LogP contribution in [0.5, 0.6) is 0 Å². The Balaban J connectivity index is 2.02. The van der Waals surface area contributed by atoms with Gasteiger partial charge >= 0.3 is 5.97 Å². The van der Waals surface area contributed by atoms with Crippen molar-refractivity contribution in [2.24, 2.45) is 0 Å². The van der Waals surface area contributed by atoms with Crippen LogP contribution in [-0.2, 0) is 13.0 Å². The molecular formula is C13H14N4O2. The SMILES string of the molecule is Nc1c2c(nn1-c1ccc(C(=O)O)cc1)CCNC2. The predicted octanol–water partition coefficient (Wildman–Crippen LogP) is 0.798. The van der Waals surface area contributed by atoms with Crippen LogP contribution in [0.15, 0.2) is 24.3 Å². The number of hydrogen-bond acceptors (Lipinski definition) is 4. The molecule has 6 heteroatoms. The molecule has 6 nitrogen and oxygen atoms in total. The number of nitrogen functional groups attached to an aromatic ring is 1. The summed E-state index contributed by atoms with van der Waals surface area (Å²) in [6.45, 7) is 1.63. The second-order valence-corrected chi connectivity index (χ2v) is 4.50. The van der Waals surface area contributed by atoms with Crippen molar-refractivity contribution >= 4 is 11.8 Å². The highest BCUT2D eigenvalue weighted by Crippen LogP contribution is 2.23. The molecule has 0 saturated heterocycles. The monoisotopic (exact) mass is 258 g/mol. The third-order valence-corrected chi connectivity index (χ3v) is 3.31. The van der Waals surface area contributed by atoms with E-state index in [4.69, 9.17) is 10.8 Å². The van der Waals surface area contributed by atoms with Gasteiger partial charge in [-0.05, 0) is 24.3 Å². The molecule has 1 aliphatic rings.